The minimum Gasteiger partial charge on any atom is -0.463 e. The molecule has 0 bridgehead atoms. The zero-order valence-electron chi connectivity index (χ0n) is 9.75. The summed E-state index contributed by atoms with van der Waals surface area (Å²) in [6.45, 7) is 3.07. The summed E-state index contributed by atoms with van der Waals surface area (Å²) in [6.07, 6.45) is -2.13. The van der Waals surface area contributed by atoms with Crippen LogP contribution in [0.4, 0.5) is 0 Å². The molecule has 1 aliphatic carbocycles. The van der Waals surface area contributed by atoms with Crippen LogP contribution in [0.1, 0.15) is 20.3 Å². The maximum Gasteiger partial charge on any atom is 0.333 e. The second-order valence-electron chi connectivity index (χ2n) is 3.75. The van der Waals surface area contributed by atoms with Crippen LogP contribution in [0.25, 0.3) is 0 Å². The highest BCUT2D eigenvalue weighted by atomic mass is 16.6. The summed E-state index contributed by atoms with van der Waals surface area (Å²) in [5.41, 5.74) is 0.205. The Bertz CT molecular complexity index is 335. The van der Waals surface area contributed by atoms with Crippen molar-refractivity contribution in [1.29, 1.82) is 0 Å². The molecule has 96 valence electrons. The Morgan fingerprint density at radius 3 is 2.65 bits per heavy atom. The van der Waals surface area contributed by atoms with E-state index < -0.39 is 30.3 Å². The van der Waals surface area contributed by atoms with E-state index in [9.17, 15) is 19.8 Å². The molecule has 0 spiro atoms. The van der Waals surface area contributed by atoms with Gasteiger partial charge in [-0.1, -0.05) is 0 Å². The average Bonchev–Trinajstić information content (AvgIpc) is 2.24. The predicted octanol–water partition coefficient (Wildman–Crippen LogP) is -0.467. The third-order valence-corrected chi connectivity index (χ3v) is 2.38. The lowest BCUT2D eigenvalue weighted by atomic mass is 9.92. The van der Waals surface area contributed by atoms with Crippen LogP contribution in [-0.4, -0.2) is 47.1 Å². The monoisotopic (exact) mass is 244 g/mol. The Kier molecular flexibility index (Phi) is 4.65. The first kappa shape index (κ1) is 13.7. The van der Waals surface area contributed by atoms with E-state index in [2.05, 4.69) is 0 Å². The van der Waals surface area contributed by atoms with E-state index >= 15 is 0 Å². The highest BCUT2D eigenvalue weighted by Crippen LogP contribution is 2.23. The summed E-state index contributed by atoms with van der Waals surface area (Å²) >= 11 is 0. The molecule has 0 aromatic heterocycles. The second kappa shape index (κ2) is 5.79. The standard InChI is InChI=1S/C11H16O6/c1-3-16-11(15)7-4-8(13)10(14)9(5-7)17-6(2)12/h4,8-10,13-14H,3,5H2,1-2H3/t8-,9-,10-/m1/s1. The predicted molar refractivity (Wildman–Crippen MR) is 56.9 cm³/mol. The van der Waals surface area contributed by atoms with Crippen molar-refractivity contribution >= 4 is 11.9 Å². The van der Waals surface area contributed by atoms with Crippen LogP contribution >= 0.6 is 0 Å². The zero-order valence-corrected chi connectivity index (χ0v) is 9.75. The van der Waals surface area contributed by atoms with Gasteiger partial charge in [-0.05, 0) is 13.0 Å². The van der Waals surface area contributed by atoms with Gasteiger partial charge in [0.15, 0.2) is 0 Å². The van der Waals surface area contributed by atoms with Crippen LogP contribution in [-0.2, 0) is 19.1 Å². The molecular formula is C11H16O6. The van der Waals surface area contributed by atoms with E-state index in [0.717, 1.165) is 0 Å². The number of carbonyl (C=O) groups excluding carboxylic acids is 2. The minimum absolute atomic E-state index is 0.0383. The van der Waals surface area contributed by atoms with Gasteiger partial charge in [-0.2, -0.15) is 0 Å². The van der Waals surface area contributed by atoms with Gasteiger partial charge in [0.2, 0.25) is 0 Å². The lowest BCUT2D eigenvalue weighted by molar-refractivity contribution is -0.158. The molecular weight excluding hydrogens is 228 g/mol. The van der Waals surface area contributed by atoms with E-state index in [1.807, 2.05) is 0 Å². The number of hydrogen-bond donors (Lipinski definition) is 2. The molecule has 0 radical (unpaired) electrons. The summed E-state index contributed by atoms with van der Waals surface area (Å²) in [5.74, 6) is -1.15. The molecule has 1 rings (SSSR count). The number of esters is 2. The summed E-state index contributed by atoms with van der Waals surface area (Å²) in [4.78, 5) is 22.3. The Balaban J connectivity index is 2.78. The minimum atomic E-state index is -1.24. The van der Waals surface area contributed by atoms with Crippen LogP contribution in [0.3, 0.4) is 0 Å². The Labute approximate surface area is 98.8 Å². The van der Waals surface area contributed by atoms with Crippen molar-refractivity contribution in [3.8, 4) is 0 Å². The van der Waals surface area contributed by atoms with Crippen molar-refractivity contribution in [2.75, 3.05) is 6.61 Å². The number of hydrogen-bond acceptors (Lipinski definition) is 6. The van der Waals surface area contributed by atoms with Gasteiger partial charge in [-0.25, -0.2) is 4.79 Å². The molecule has 2 N–H and O–H groups in total. The molecule has 0 saturated heterocycles. The van der Waals surface area contributed by atoms with E-state index in [1.54, 1.807) is 6.92 Å². The summed E-state index contributed by atoms with van der Waals surface area (Å²) in [5, 5.41) is 19.1. The molecule has 0 heterocycles. The highest BCUT2D eigenvalue weighted by Gasteiger charge is 2.35. The number of carbonyl (C=O) groups is 2. The van der Waals surface area contributed by atoms with E-state index in [4.69, 9.17) is 9.47 Å². The normalized spacial score (nSPS) is 28.2. The second-order valence-corrected chi connectivity index (χ2v) is 3.75. The molecule has 0 aromatic rings. The lowest BCUT2D eigenvalue weighted by Crippen LogP contribution is -2.43. The van der Waals surface area contributed by atoms with Gasteiger partial charge in [0.1, 0.15) is 18.3 Å². The van der Waals surface area contributed by atoms with Gasteiger partial charge in [0, 0.05) is 18.9 Å². The average molecular weight is 244 g/mol. The number of rotatable bonds is 3. The van der Waals surface area contributed by atoms with Crippen molar-refractivity contribution in [2.24, 2.45) is 0 Å². The first-order valence-electron chi connectivity index (χ1n) is 5.36. The third-order valence-electron chi connectivity index (χ3n) is 2.38. The topological polar surface area (TPSA) is 93.1 Å². The maximum absolute atomic E-state index is 11.5. The van der Waals surface area contributed by atoms with Gasteiger partial charge in [0.05, 0.1) is 6.61 Å². The molecule has 3 atom stereocenters. The third kappa shape index (κ3) is 3.54. The quantitative estimate of drug-likeness (QED) is 0.652. The summed E-state index contributed by atoms with van der Waals surface area (Å²) < 4.78 is 9.61. The van der Waals surface area contributed by atoms with Gasteiger partial charge < -0.3 is 19.7 Å². The molecule has 0 fully saturated rings. The highest BCUT2D eigenvalue weighted by molar-refractivity contribution is 5.89. The van der Waals surface area contributed by atoms with Gasteiger partial charge in [-0.15, -0.1) is 0 Å². The van der Waals surface area contributed by atoms with Gasteiger partial charge in [-0.3, -0.25) is 4.79 Å². The molecule has 0 aromatic carbocycles. The Morgan fingerprint density at radius 1 is 1.47 bits per heavy atom. The largest absolute Gasteiger partial charge is 0.463 e. The SMILES string of the molecule is CCOC(=O)C1=C[C@@H](O)[C@@H](O)[C@H](OC(C)=O)C1. The Hall–Kier alpha value is -1.40. The van der Waals surface area contributed by atoms with Crippen molar-refractivity contribution < 1.29 is 29.3 Å². The van der Waals surface area contributed by atoms with Crippen molar-refractivity contribution in [2.45, 2.75) is 38.6 Å². The molecule has 6 heteroatoms. The van der Waals surface area contributed by atoms with Crippen LogP contribution in [0.2, 0.25) is 0 Å². The fraction of sp³-hybridized carbons (Fsp3) is 0.636. The maximum atomic E-state index is 11.5. The number of aliphatic hydroxyl groups excluding tert-OH is 2. The molecule has 0 aliphatic heterocycles. The fourth-order valence-electron chi connectivity index (χ4n) is 1.63. The number of ether oxygens (including phenoxy) is 2. The van der Waals surface area contributed by atoms with Crippen LogP contribution in [0.15, 0.2) is 11.6 Å². The molecule has 0 amide bonds. The number of aliphatic hydroxyl groups is 2. The van der Waals surface area contributed by atoms with Crippen LogP contribution in [0, 0.1) is 0 Å². The lowest BCUT2D eigenvalue weighted by Gasteiger charge is -2.29. The van der Waals surface area contributed by atoms with E-state index in [1.165, 1.54) is 13.0 Å². The van der Waals surface area contributed by atoms with Crippen molar-refractivity contribution in [3.63, 3.8) is 0 Å². The van der Waals surface area contributed by atoms with Crippen LogP contribution in [0.5, 0.6) is 0 Å². The Morgan fingerprint density at radius 2 is 2.12 bits per heavy atom. The summed E-state index contributed by atoms with van der Waals surface area (Å²) in [6, 6.07) is 0. The van der Waals surface area contributed by atoms with Crippen molar-refractivity contribution in [3.05, 3.63) is 11.6 Å². The molecule has 1 aliphatic rings. The van der Waals surface area contributed by atoms with E-state index in [-0.39, 0.29) is 18.6 Å². The zero-order chi connectivity index (χ0) is 13.0. The molecule has 6 nitrogen and oxygen atoms in total. The summed E-state index contributed by atoms with van der Waals surface area (Å²) in [7, 11) is 0. The van der Waals surface area contributed by atoms with Gasteiger partial charge >= 0.3 is 11.9 Å². The molecule has 17 heavy (non-hydrogen) atoms. The van der Waals surface area contributed by atoms with Crippen molar-refractivity contribution in [1.82, 2.24) is 0 Å². The van der Waals surface area contributed by atoms with Crippen LogP contribution < -0.4 is 0 Å². The first-order valence-corrected chi connectivity index (χ1v) is 5.36. The molecule has 0 saturated carbocycles. The van der Waals surface area contributed by atoms with E-state index in [0.29, 0.717) is 0 Å². The van der Waals surface area contributed by atoms with Gasteiger partial charge in [0.25, 0.3) is 0 Å². The smallest absolute Gasteiger partial charge is 0.333 e. The first-order chi connectivity index (χ1) is 7.95. The fourth-order valence-corrected chi connectivity index (χ4v) is 1.63. The molecule has 0 unspecified atom stereocenters.